The smallest absolute Gasteiger partial charge is 0.139 e. The maximum atomic E-state index is 12.6. The van der Waals surface area contributed by atoms with E-state index in [1.165, 1.54) is 5.56 Å². The normalized spacial score (nSPS) is 18.0. The minimum absolute atomic E-state index is 0.0262. The average Bonchev–Trinajstić information content (AvgIpc) is 2.67. The van der Waals surface area contributed by atoms with E-state index in [1.807, 2.05) is 42.5 Å². The Morgan fingerprint density at radius 2 is 1.75 bits per heavy atom. The van der Waals surface area contributed by atoms with E-state index >= 15 is 0 Å². The third kappa shape index (κ3) is 3.50. The molecule has 4 heteroatoms. The Morgan fingerprint density at radius 3 is 2.38 bits per heavy atom. The average molecular weight is 323 g/mol. The summed E-state index contributed by atoms with van der Waals surface area (Å²) in [7, 11) is 3.26. The van der Waals surface area contributed by atoms with E-state index < -0.39 is 0 Å². The molecule has 0 spiro atoms. The van der Waals surface area contributed by atoms with Crippen LogP contribution in [0.5, 0.6) is 11.5 Å². The van der Waals surface area contributed by atoms with E-state index in [0.717, 1.165) is 17.9 Å². The molecule has 0 heterocycles. The number of ether oxygens (including phenoxy) is 2. The summed E-state index contributed by atoms with van der Waals surface area (Å²) in [6.45, 7) is 0. The first-order valence-electron chi connectivity index (χ1n) is 7.92. The predicted molar refractivity (Wildman–Crippen MR) is 94.6 cm³/mol. The first-order valence-corrected chi connectivity index (χ1v) is 7.92. The van der Waals surface area contributed by atoms with Crippen LogP contribution < -0.4 is 14.5 Å². The second-order valence-electron chi connectivity index (χ2n) is 5.70. The molecule has 0 saturated carbocycles. The molecule has 0 bridgehead atoms. The van der Waals surface area contributed by atoms with Gasteiger partial charge in [0.1, 0.15) is 22.9 Å². The number of allylic oxidation sites excluding steroid dienone is 3. The third-order valence-electron chi connectivity index (χ3n) is 4.24. The molecule has 0 amide bonds. The molecule has 1 N–H and O–H groups in total. The first kappa shape index (κ1) is 16.3. The Morgan fingerprint density at radius 1 is 1.00 bits per heavy atom. The van der Waals surface area contributed by atoms with E-state index in [4.69, 9.17) is 9.47 Å². The van der Waals surface area contributed by atoms with Gasteiger partial charge in [-0.1, -0.05) is 24.3 Å². The van der Waals surface area contributed by atoms with Gasteiger partial charge in [0.15, 0.2) is 0 Å². The lowest BCUT2D eigenvalue weighted by molar-refractivity contribution is -0.727. The van der Waals surface area contributed by atoms with Crippen LogP contribution in [0.25, 0.3) is 0 Å². The molecular weight excluding hydrogens is 302 g/mol. The molecule has 124 valence electrons. The SMILES string of the molecule is COc1ccc(C2C=CC([NH+]([O-])c3cccc(OC)c3)=CC2)cc1. The number of benzene rings is 2. The van der Waals surface area contributed by atoms with Crippen LogP contribution in [0.3, 0.4) is 0 Å². The molecule has 0 saturated heterocycles. The van der Waals surface area contributed by atoms with Crippen molar-refractivity contribution in [2.75, 3.05) is 14.2 Å². The number of hydrogen-bond acceptors (Lipinski definition) is 3. The van der Waals surface area contributed by atoms with Crippen LogP contribution in [-0.2, 0) is 0 Å². The summed E-state index contributed by atoms with van der Waals surface area (Å²) < 4.78 is 10.4. The summed E-state index contributed by atoms with van der Waals surface area (Å²) >= 11 is 0. The molecule has 1 aliphatic carbocycles. The molecule has 2 aromatic carbocycles. The molecule has 0 aromatic heterocycles. The predicted octanol–water partition coefficient (Wildman–Crippen LogP) is 3.35. The lowest BCUT2D eigenvalue weighted by atomic mass is 9.91. The minimum Gasteiger partial charge on any atom is -0.623 e. The number of hydrogen-bond donors (Lipinski definition) is 1. The van der Waals surface area contributed by atoms with E-state index in [9.17, 15) is 5.21 Å². The van der Waals surface area contributed by atoms with Crippen LogP contribution in [0.4, 0.5) is 5.69 Å². The van der Waals surface area contributed by atoms with E-state index in [-0.39, 0.29) is 11.0 Å². The van der Waals surface area contributed by atoms with Gasteiger partial charge in [0.25, 0.3) is 0 Å². The van der Waals surface area contributed by atoms with Gasteiger partial charge in [-0.05, 0) is 42.3 Å². The number of quaternary nitrogens is 1. The minimum atomic E-state index is 0.0262. The summed E-state index contributed by atoms with van der Waals surface area (Å²) in [4.78, 5) is 0. The van der Waals surface area contributed by atoms with E-state index in [2.05, 4.69) is 18.2 Å². The number of hydroxylamine groups is 1. The van der Waals surface area contributed by atoms with Crippen molar-refractivity contribution >= 4 is 5.69 Å². The molecular formula is C20H21NO3. The van der Waals surface area contributed by atoms with Crippen LogP contribution in [0.15, 0.2) is 72.5 Å². The van der Waals surface area contributed by atoms with Crippen LogP contribution in [-0.4, -0.2) is 14.2 Å². The molecule has 4 nitrogen and oxygen atoms in total. The van der Waals surface area contributed by atoms with Gasteiger partial charge in [0.05, 0.1) is 14.2 Å². The second kappa shape index (κ2) is 7.34. The van der Waals surface area contributed by atoms with Gasteiger partial charge in [-0.3, -0.25) is 0 Å². The van der Waals surface area contributed by atoms with Gasteiger partial charge in [0, 0.05) is 18.1 Å². The molecule has 0 fully saturated rings. The number of nitrogens with one attached hydrogen (secondary N) is 1. The molecule has 3 rings (SSSR count). The molecule has 2 unspecified atom stereocenters. The van der Waals surface area contributed by atoms with Gasteiger partial charge < -0.3 is 19.7 Å². The second-order valence-corrected chi connectivity index (χ2v) is 5.70. The first-order chi connectivity index (χ1) is 11.7. The quantitative estimate of drug-likeness (QED) is 0.858. The van der Waals surface area contributed by atoms with Gasteiger partial charge in [-0.25, -0.2) is 0 Å². The zero-order valence-electron chi connectivity index (χ0n) is 13.9. The Hall–Kier alpha value is -2.56. The van der Waals surface area contributed by atoms with Crippen molar-refractivity contribution in [2.24, 2.45) is 0 Å². The lowest BCUT2D eigenvalue weighted by Crippen LogP contribution is -2.99. The summed E-state index contributed by atoms with van der Waals surface area (Å²) in [5, 5.41) is 12.6. The standard InChI is InChI=1S/C20H21NO3/c1-23-19-12-8-16(9-13-19)15-6-10-17(11-7-15)21(22)18-4-3-5-20(14-18)24-2/h3-6,8-15,21H,7H2,1-2H3. The number of rotatable bonds is 5. The summed E-state index contributed by atoms with van der Waals surface area (Å²) in [5.41, 5.74) is 2.59. The summed E-state index contributed by atoms with van der Waals surface area (Å²) in [5.74, 6) is 1.83. The highest BCUT2D eigenvalue weighted by Gasteiger charge is 2.16. The van der Waals surface area contributed by atoms with E-state index in [1.54, 1.807) is 20.3 Å². The Bertz CT molecular complexity index is 750. The van der Waals surface area contributed by atoms with Gasteiger partial charge in [-0.2, -0.15) is 0 Å². The molecule has 2 atom stereocenters. The molecule has 1 aliphatic rings. The van der Waals surface area contributed by atoms with Crippen molar-refractivity contribution in [2.45, 2.75) is 12.3 Å². The highest BCUT2D eigenvalue weighted by molar-refractivity contribution is 5.40. The molecule has 24 heavy (non-hydrogen) atoms. The van der Waals surface area contributed by atoms with Crippen molar-refractivity contribution in [1.82, 2.24) is 0 Å². The Labute approximate surface area is 142 Å². The van der Waals surface area contributed by atoms with Crippen molar-refractivity contribution in [3.63, 3.8) is 0 Å². The molecule has 0 aliphatic heterocycles. The Balaban J connectivity index is 1.71. The van der Waals surface area contributed by atoms with Gasteiger partial charge in [0.2, 0.25) is 0 Å². The number of methoxy groups -OCH3 is 2. The van der Waals surface area contributed by atoms with Gasteiger partial charge >= 0.3 is 0 Å². The van der Waals surface area contributed by atoms with Crippen molar-refractivity contribution in [1.29, 1.82) is 0 Å². The zero-order valence-corrected chi connectivity index (χ0v) is 13.9. The van der Waals surface area contributed by atoms with E-state index in [0.29, 0.717) is 11.4 Å². The van der Waals surface area contributed by atoms with Crippen molar-refractivity contribution < 1.29 is 14.5 Å². The molecule has 2 aromatic rings. The fourth-order valence-corrected chi connectivity index (χ4v) is 2.82. The summed E-state index contributed by atoms with van der Waals surface area (Å²) in [6, 6.07) is 15.3. The van der Waals surface area contributed by atoms with Crippen LogP contribution in [0.2, 0.25) is 0 Å². The Kier molecular flexibility index (Phi) is 4.99. The highest BCUT2D eigenvalue weighted by atomic mass is 16.5. The van der Waals surface area contributed by atoms with Crippen molar-refractivity contribution in [3.8, 4) is 11.5 Å². The van der Waals surface area contributed by atoms with Gasteiger partial charge in [-0.15, -0.1) is 0 Å². The fraction of sp³-hybridized carbons (Fsp3) is 0.200. The third-order valence-corrected chi connectivity index (χ3v) is 4.24. The zero-order chi connectivity index (χ0) is 16.9. The largest absolute Gasteiger partial charge is 0.623 e. The molecule has 0 radical (unpaired) electrons. The fourth-order valence-electron chi connectivity index (χ4n) is 2.82. The van der Waals surface area contributed by atoms with Crippen LogP contribution in [0, 0.1) is 5.21 Å². The lowest BCUT2D eigenvalue weighted by Gasteiger charge is -2.25. The van der Waals surface area contributed by atoms with Crippen molar-refractivity contribution in [3.05, 3.63) is 83.2 Å². The topological polar surface area (TPSA) is 46.0 Å². The van der Waals surface area contributed by atoms with Crippen LogP contribution in [0.1, 0.15) is 17.9 Å². The highest BCUT2D eigenvalue weighted by Crippen LogP contribution is 2.27. The maximum Gasteiger partial charge on any atom is 0.139 e. The van der Waals surface area contributed by atoms with Crippen LogP contribution >= 0.6 is 0 Å². The summed E-state index contributed by atoms with van der Waals surface area (Å²) in [6.07, 6.45) is 6.83. The monoisotopic (exact) mass is 323 g/mol. The maximum absolute atomic E-state index is 12.6.